The second-order valence-electron chi connectivity index (χ2n) is 6.80. The molecule has 27 heavy (non-hydrogen) atoms. The van der Waals surface area contributed by atoms with Gasteiger partial charge in [-0.15, -0.1) is 0 Å². The Morgan fingerprint density at radius 1 is 0.889 bits per heavy atom. The van der Waals surface area contributed by atoms with E-state index in [1.54, 1.807) is 16.7 Å². The highest BCUT2D eigenvalue weighted by Crippen LogP contribution is 2.21. The van der Waals surface area contributed by atoms with Gasteiger partial charge in [-0.3, -0.25) is 9.59 Å². The number of nitrogens with zero attached hydrogens (tertiary/aromatic N) is 2. The molecule has 0 unspecified atom stereocenters. The fraction of sp³-hybridized carbons (Fsp3) is 0.364. The van der Waals surface area contributed by atoms with E-state index in [0.29, 0.717) is 26.2 Å². The second kappa shape index (κ2) is 9.21. The zero-order valence-corrected chi connectivity index (χ0v) is 15.8. The van der Waals surface area contributed by atoms with Crippen LogP contribution in [0.4, 0.5) is 0 Å². The normalized spacial score (nSPS) is 14.6. The molecule has 1 aliphatic rings. The van der Waals surface area contributed by atoms with Gasteiger partial charge in [-0.25, -0.2) is 0 Å². The molecule has 0 saturated carbocycles. The fourth-order valence-electron chi connectivity index (χ4n) is 3.32. The first-order valence-corrected chi connectivity index (χ1v) is 9.41. The van der Waals surface area contributed by atoms with Crippen molar-refractivity contribution in [3.8, 4) is 5.75 Å². The van der Waals surface area contributed by atoms with Crippen LogP contribution >= 0.6 is 0 Å². The van der Waals surface area contributed by atoms with Crippen LogP contribution < -0.4 is 4.74 Å². The first-order chi connectivity index (χ1) is 13.1. The topological polar surface area (TPSA) is 49.9 Å². The quantitative estimate of drug-likeness (QED) is 0.818. The molecule has 1 heterocycles. The second-order valence-corrected chi connectivity index (χ2v) is 6.80. The van der Waals surface area contributed by atoms with Crippen LogP contribution in [0, 0.1) is 0 Å². The number of rotatable bonds is 5. The minimum Gasteiger partial charge on any atom is -0.483 e. The maximum atomic E-state index is 12.6. The van der Waals surface area contributed by atoms with Gasteiger partial charge in [-0.1, -0.05) is 48.5 Å². The van der Waals surface area contributed by atoms with E-state index >= 15 is 0 Å². The van der Waals surface area contributed by atoms with Crippen molar-refractivity contribution in [1.29, 1.82) is 0 Å². The molecule has 0 spiro atoms. The fourth-order valence-corrected chi connectivity index (χ4v) is 3.32. The first kappa shape index (κ1) is 19.0. The van der Waals surface area contributed by atoms with Crippen LogP contribution in [0.2, 0.25) is 0 Å². The van der Waals surface area contributed by atoms with Crippen LogP contribution in [-0.2, 0) is 16.0 Å². The molecule has 1 fully saturated rings. The van der Waals surface area contributed by atoms with E-state index in [0.717, 1.165) is 24.2 Å². The minimum absolute atomic E-state index is 0.0197. The Bertz CT molecular complexity index is 776. The van der Waals surface area contributed by atoms with Crippen LogP contribution in [-0.4, -0.2) is 54.4 Å². The van der Waals surface area contributed by atoms with Crippen molar-refractivity contribution in [3.05, 3.63) is 65.7 Å². The Morgan fingerprint density at radius 2 is 1.56 bits per heavy atom. The van der Waals surface area contributed by atoms with Crippen LogP contribution in [0.1, 0.15) is 24.5 Å². The van der Waals surface area contributed by atoms with Gasteiger partial charge in [-0.2, -0.15) is 0 Å². The van der Waals surface area contributed by atoms with Crippen LogP contribution in [0.25, 0.3) is 0 Å². The predicted molar refractivity (Wildman–Crippen MR) is 105 cm³/mol. The summed E-state index contributed by atoms with van der Waals surface area (Å²) >= 11 is 0. The first-order valence-electron chi connectivity index (χ1n) is 9.41. The summed E-state index contributed by atoms with van der Waals surface area (Å²) in [7, 11) is 0. The molecule has 5 nitrogen and oxygen atoms in total. The van der Waals surface area contributed by atoms with E-state index < -0.39 is 0 Å². The summed E-state index contributed by atoms with van der Waals surface area (Å²) in [6.45, 7) is 4.12. The van der Waals surface area contributed by atoms with Crippen molar-refractivity contribution in [2.45, 2.75) is 19.8 Å². The maximum Gasteiger partial charge on any atom is 0.260 e. The summed E-state index contributed by atoms with van der Waals surface area (Å²) in [6.07, 6.45) is 1.57. The lowest BCUT2D eigenvalue weighted by atomic mass is 10.0. The smallest absolute Gasteiger partial charge is 0.260 e. The number of para-hydroxylation sites is 1. The van der Waals surface area contributed by atoms with Gasteiger partial charge >= 0.3 is 0 Å². The molecule has 2 aromatic rings. The van der Waals surface area contributed by atoms with Gasteiger partial charge in [0, 0.05) is 39.5 Å². The van der Waals surface area contributed by atoms with Crippen molar-refractivity contribution in [3.63, 3.8) is 0 Å². The maximum absolute atomic E-state index is 12.6. The number of amides is 2. The third kappa shape index (κ3) is 5.33. The van der Waals surface area contributed by atoms with Crippen molar-refractivity contribution in [1.82, 2.24) is 9.80 Å². The molecule has 1 aliphatic heterocycles. The van der Waals surface area contributed by atoms with Gasteiger partial charge in [0.05, 0.1) is 0 Å². The lowest BCUT2D eigenvalue weighted by molar-refractivity contribution is -0.134. The Balaban J connectivity index is 1.58. The zero-order chi connectivity index (χ0) is 19.1. The lowest BCUT2D eigenvalue weighted by Gasteiger charge is -2.22. The molecular weight excluding hydrogens is 340 g/mol. The molecule has 0 N–H and O–H groups in total. The molecule has 0 atom stereocenters. The highest BCUT2D eigenvalue weighted by Gasteiger charge is 2.20. The number of hydrogen-bond donors (Lipinski definition) is 0. The monoisotopic (exact) mass is 366 g/mol. The molecule has 0 bridgehead atoms. The van der Waals surface area contributed by atoms with E-state index in [2.05, 4.69) is 12.1 Å². The largest absolute Gasteiger partial charge is 0.483 e. The number of carbonyl (C=O) groups excluding carboxylic acids is 2. The van der Waals surface area contributed by atoms with Crippen LogP contribution in [0.3, 0.4) is 0 Å². The molecule has 1 saturated heterocycles. The van der Waals surface area contributed by atoms with Gasteiger partial charge < -0.3 is 14.5 Å². The summed E-state index contributed by atoms with van der Waals surface area (Å²) in [5.74, 6) is 0.778. The molecule has 0 aliphatic carbocycles. The third-order valence-electron chi connectivity index (χ3n) is 4.86. The Morgan fingerprint density at radius 3 is 2.33 bits per heavy atom. The Hall–Kier alpha value is -2.82. The van der Waals surface area contributed by atoms with Crippen molar-refractivity contribution < 1.29 is 14.3 Å². The van der Waals surface area contributed by atoms with Gasteiger partial charge in [-0.05, 0) is 23.6 Å². The summed E-state index contributed by atoms with van der Waals surface area (Å²) in [5, 5.41) is 0. The third-order valence-corrected chi connectivity index (χ3v) is 4.86. The van der Waals surface area contributed by atoms with E-state index in [4.69, 9.17) is 4.74 Å². The Kier molecular flexibility index (Phi) is 6.47. The van der Waals surface area contributed by atoms with E-state index in [1.165, 1.54) is 5.56 Å². The molecule has 5 heteroatoms. The SMILES string of the molecule is CC(=O)N1CCCN(C(=O)COc2ccccc2Cc2ccccc2)CC1. The summed E-state index contributed by atoms with van der Waals surface area (Å²) in [6, 6.07) is 18.1. The minimum atomic E-state index is -0.0325. The number of carbonyl (C=O) groups is 2. The molecular formula is C22H26N2O3. The van der Waals surface area contributed by atoms with Crippen molar-refractivity contribution >= 4 is 11.8 Å². The van der Waals surface area contributed by atoms with Crippen molar-refractivity contribution in [2.24, 2.45) is 0 Å². The van der Waals surface area contributed by atoms with Gasteiger partial charge in [0.15, 0.2) is 6.61 Å². The molecule has 2 aromatic carbocycles. The number of benzene rings is 2. The highest BCUT2D eigenvalue weighted by atomic mass is 16.5. The summed E-state index contributed by atoms with van der Waals surface area (Å²) in [5.41, 5.74) is 2.27. The molecule has 3 rings (SSSR count). The standard InChI is InChI=1S/C22H26N2O3/c1-18(25)23-12-7-13-24(15-14-23)22(26)17-27-21-11-6-5-10-20(21)16-19-8-3-2-4-9-19/h2-6,8-11H,7,12-17H2,1H3. The van der Waals surface area contributed by atoms with E-state index in [9.17, 15) is 9.59 Å². The van der Waals surface area contributed by atoms with Crippen LogP contribution in [0.15, 0.2) is 54.6 Å². The molecule has 0 aromatic heterocycles. The molecule has 142 valence electrons. The predicted octanol–water partition coefficient (Wildman–Crippen LogP) is 2.74. The van der Waals surface area contributed by atoms with E-state index in [1.807, 2.05) is 42.5 Å². The average molecular weight is 366 g/mol. The lowest BCUT2D eigenvalue weighted by Crippen LogP contribution is -2.38. The van der Waals surface area contributed by atoms with E-state index in [-0.39, 0.29) is 18.4 Å². The zero-order valence-electron chi connectivity index (χ0n) is 15.8. The Labute approximate surface area is 160 Å². The van der Waals surface area contributed by atoms with Gasteiger partial charge in [0.2, 0.25) is 5.91 Å². The molecule has 2 amide bonds. The van der Waals surface area contributed by atoms with Gasteiger partial charge in [0.25, 0.3) is 5.91 Å². The number of ether oxygens (including phenoxy) is 1. The molecule has 0 radical (unpaired) electrons. The average Bonchev–Trinajstić information content (AvgIpc) is 2.94. The van der Waals surface area contributed by atoms with Gasteiger partial charge in [0.1, 0.15) is 5.75 Å². The number of hydrogen-bond acceptors (Lipinski definition) is 3. The summed E-state index contributed by atoms with van der Waals surface area (Å²) < 4.78 is 5.87. The summed E-state index contributed by atoms with van der Waals surface area (Å²) in [4.78, 5) is 27.7. The van der Waals surface area contributed by atoms with Crippen LogP contribution in [0.5, 0.6) is 5.75 Å². The highest BCUT2D eigenvalue weighted by molar-refractivity contribution is 5.78. The van der Waals surface area contributed by atoms with Crippen molar-refractivity contribution in [2.75, 3.05) is 32.8 Å².